The predicted molar refractivity (Wildman–Crippen MR) is 67.7 cm³/mol. The number of hydrogen-bond acceptors (Lipinski definition) is 1. The highest BCUT2D eigenvalue weighted by molar-refractivity contribution is 7.80. The summed E-state index contributed by atoms with van der Waals surface area (Å²) >= 11 is 5.19. The minimum absolute atomic E-state index is 0.956. The molecule has 0 bridgehead atoms. The fourth-order valence-electron chi connectivity index (χ4n) is 1.20. The van der Waals surface area contributed by atoms with Gasteiger partial charge in [0.2, 0.25) is 0 Å². The standard InChI is InChI=1S/C9H18N2S.C2H6/c1-2-3-4-6-10-9(12)11-7-5-8-11;1-2/h2-8H2,1H3,(H,10,12);1-2H3. The third-order valence-corrected chi connectivity index (χ3v) is 2.60. The Labute approximate surface area is 94.1 Å². The van der Waals surface area contributed by atoms with Crippen LogP contribution >= 0.6 is 12.2 Å². The van der Waals surface area contributed by atoms with Crippen molar-refractivity contribution in [2.75, 3.05) is 19.6 Å². The summed E-state index contributed by atoms with van der Waals surface area (Å²) in [5, 5.41) is 4.23. The molecule has 0 aromatic heterocycles. The first kappa shape index (κ1) is 13.7. The Morgan fingerprint density at radius 1 is 1.29 bits per heavy atom. The van der Waals surface area contributed by atoms with Gasteiger partial charge in [-0.2, -0.15) is 0 Å². The Hall–Kier alpha value is -0.310. The molecule has 1 aliphatic heterocycles. The second-order valence-electron chi connectivity index (χ2n) is 3.28. The van der Waals surface area contributed by atoms with Gasteiger partial charge in [0.05, 0.1) is 0 Å². The van der Waals surface area contributed by atoms with Crippen LogP contribution in [0.4, 0.5) is 0 Å². The van der Waals surface area contributed by atoms with E-state index in [2.05, 4.69) is 17.1 Å². The van der Waals surface area contributed by atoms with Crippen LogP contribution in [0.25, 0.3) is 0 Å². The lowest BCUT2D eigenvalue weighted by atomic mass is 10.2. The Balaban J connectivity index is 0.000000791. The van der Waals surface area contributed by atoms with Gasteiger partial charge in [0.15, 0.2) is 5.11 Å². The molecule has 0 amide bonds. The van der Waals surface area contributed by atoms with Crippen molar-refractivity contribution in [3.05, 3.63) is 0 Å². The molecule has 1 N–H and O–H groups in total. The molecule has 1 fully saturated rings. The van der Waals surface area contributed by atoms with Gasteiger partial charge in [0, 0.05) is 19.6 Å². The maximum Gasteiger partial charge on any atom is 0.168 e. The highest BCUT2D eigenvalue weighted by Gasteiger charge is 2.15. The van der Waals surface area contributed by atoms with Crippen molar-refractivity contribution in [1.82, 2.24) is 10.2 Å². The first-order valence-corrected chi connectivity index (χ1v) is 6.28. The largest absolute Gasteiger partial charge is 0.363 e. The third kappa shape index (κ3) is 5.43. The van der Waals surface area contributed by atoms with E-state index in [1.54, 1.807) is 0 Å². The topological polar surface area (TPSA) is 15.3 Å². The van der Waals surface area contributed by atoms with Crippen molar-refractivity contribution in [3.8, 4) is 0 Å². The SMILES string of the molecule is CC.CCCCCNC(=S)N1CCC1. The van der Waals surface area contributed by atoms with E-state index in [1.165, 1.54) is 25.7 Å². The first-order valence-electron chi connectivity index (χ1n) is 5.87. The second kappa shape index (κ2) is 9.25. The molecular formula is C11H24N2S. The number of nitrogens with one attached hydrogen (secondary N) is 1. The van der Waals surface area contributed by atoms with Gasteiger partial charge in [-0.1, -0.05) is 33.6 Å². The summed E-state index contributed by atoms with van der Waals surface area (Å²) in [4.78, 5) is 2.22. The fraction of sp³-hybridized carbons (Fsp3) is 0.909. The lowest BCUT2D eigenvalue weighted by Crippen LogP contribution is -2.47. The fourth-order valence-corrected chi connectivity index (χ4v) is 1.49. The molecule has 0 aliphatic carbocycles. The number of likely N-dealkylation sites (tertiary alicyclic amines) is 1. The zero-order chi connectivity index (χ0) is 10.8. The van der Waals surface area contributed by atoms with E-state index < -0.39 is 0 Å². The molecule has 3 heteroatoms. The number of rotatable bonds is 4. The minimum Gasteiger partial charge on any atom is -0.363 e. The zero-order valence-corrected chi connectivity index (χ0v) is 10.6. The van der Waals surface area contributed by atoms with Gasteiger partial charge >= 0.3 is 0 Å². The van der Waals surface area contributed by atoms with E-state index in [1.807, 2.05) is 13.8 Å². The summed E-state index contributed by atoms with van der Waals surface area (Å²) in [6.45, 7) is 9.57. The Bertz CT molecular complexity index is 144. The van der Waals surface area contributed by atoms with Gasteiger partial charge in [-0.05, 0) is 25.1 Å². The molecule has 1 saturated heterocycles. The van der Waals surface area contributed by atoms with E-state index in [9.17, 15) is 0 Å². The van der Waals surface area contributed by atoms with Crippen LogP contribution in [-0.2, 0) is 0 Å². The van der Waals surface area contributed by atoms with E-state index in [0.29, 0.717) is 0 Å². The van der Waals surface area contributed by atoms with Crippen LogP contribution in [-0.4, -0.2) is 29.6 Å². The summed E-state index contributed by atoms with van der Waals surface area (Å²) in [6, 6.07) is 0. The van der Waals surface area contributed by atoms with Gasteiger partial charge in [0.25, 0.3) is 0 Å². The average Bonchev–Trinajstić information content (AvgIpc) is 2.13. The number of nitrogens with zero attached hydrogens (tertiary/aromatic N) is 1. The van der Waals surface area contributed by atoms with Crippen molar-refractivity contribution in [2.24, 2.45) is 0 Å². The molecule has 1 heterocycles. The minimum atomic E-state index is 0.956. The maximum absolute atomic E-state index is 5.19. The normalized spacial score (nSPS) is 13.8. The Morgan fingerprint density at radius 3 is 2.36 bits per heavy atom. The average molecular weight is 216 g/mol. The molecule has 0 atom stereocenters. The highest BCUT2D eigenvalue weighted by Crippen LogP contribution is 2.05. The smallest absolute Gasteiger partial charge is 0.168 e. The maximum atomic E-state index is 5.19. The molecule has 0 unspecified atom stereocenters. The van der Waals surface area contributed by atoms with Gasteiger partial charge in [0.1, 0.15) is 0 Å². The van der Waals surface area contributed by atoms with E-state index in [4.69, 9.17) is 12.2 Å². The van der Waals surface area contributed by atoms with Gasteiger partial charge in [-0.3, -0.25) is 0 Å². The molecule has 0 aromatic carbocycles. The van der Waals surface area contributed by atoms with Crippen LogP contribution in [0.3, 0.4) is 0 Å². The molecule has 0 radical (unpaired) electrons. The Kier molecular flexibility index (Phi) is 9.05. The van der Waals surface area contributed by atoms with Crippen molar-refractivity contribution < 1.29 is 0 Å². The molecule has 0 spiro atoms. The van der Waals surface area contributed by atoms with Gasteiger partial charge in [-0.25, -0.2) is 0 Å². The van der Waals surface area contributed by atoms with Gasteiger partial charge < -0.3 is 10.2 Å². The molecule has 84 valence electrons. The van der Waals surface area contributed by atoms with Crippen LogP contribution in [0.2, 0.25) is 0 Å². The summed E-state index contributed by atoms with van der Waals surface area (Å²) < 4.78 is 0. The molecule has 0 saturated carbocycles. The van der Waals surface area contributed by atoms with E-state index >= 15 is 0 Å². The van der Waals surface area contributed by atoms with Crippen LogP contribution in [0, 0.1) is 0 Å². The van der Waals surface area contributed by atoms with Crippen molar-refractivity contribution >= 4 is 17.3 Å². The van der Waals surface area contributed by atoms with Crippen LogP contribution in [0.15, 0.2) is 0 Å². The number of hydrogen-bond donors (Lipinski definition) is 1. The van der Waals surface area contributed by atoms with E-state index in [-0.39, 0.29) is 0 Å². The molecule has 2 nitrogen and oxygen atoms in total. The summed E-state index contributed by atoms with van der Waals surface area (Å²) in [7, 11) is 0. The molecule has 1 rings (SSSR count). The predicted octanol–water partition coefficient (Wildman–Crippen LogP) is 2.78. The molecule has 14 heavy (non-hydrogen) atoms. The van der Waals surface area contributed by atoms with Crippen molar-refractivity contribution in [3.63, 3.8) is 0 Å². The van der Waals surface area contributed by atoms with Crippen LogP contribution in [0.5, 0.6) is 0 Å². The van der Waals surface area contributed by atoms with Crippen molar-refractivity contribution in [2.45, 2.75) is 46.5 Å². The van der Waals surface area contributed by atoms with Crippen molar-refractivity contribution in [1.29, 1.82) is 0 Å². The molecule has 1 aliphatic rings. The highest BCUT2D eigenvalue weighted by atomic mass is 32.1. The molecule has 0 aromatic rings. The number of thiocarbonyl (C=S) groups is 1. The van der Waals surface area contributed by atoms with Crippen LogP contribution in [0.1, 0.15) is 46.5 Å². The summed E-state index contributed by atoms with van der Waals surface area (Å²) in [5.74, 6) is 0. The summed E-state index contributed by atoms with van der Waals surface area (Å²) in [6.07, 6.45) is 5.12. The molecular weight excluding hydrogens is 192 g/mol. The third-order valence-electron chi connectivity index (χ3n) is 2.20. The van der Waals surface area contributed by atoms with Crippen LogP contribution < -0.4 is 5.32 Å². The zero-order valence-electron chi connectivity index (χ0n) is 9.81. The summed E-state index contributed by atoms with van der Waals surface area (Å²) in [5.41, 5.74) is 0. The Morgan fingerprint density at radius 2 is 1.93 bits per heavy atom. The van der Waals surface area contributed by atoms with Gasteiger partial charge in [-0.15, -0.1) is 0 Å². The monoisotopic (exact) mass is 216 g/mol. The lowest BCUT2D eigenvalue weighted by Gasteiger charge is -2.33. The first-order chi connectivity index (χ1) is 6.84. The quantitative estimate of drug-likeness (QED) is 0.574. The lowest BCUT2D eigenvalue weighted by molar-refractivity contribution is 0.295. The second-order valence-corrected chi connectivity index (χ2v) is 3.67. The number of unbranched alkanes of at least 4 members (excludes halogenated alkanes) is 2. The van der Waals surface area contributed by atoms with E-state index in [0.717, 1.165) is 24.7 Å².